The SMILES string of the molecule is COCCNCCS(=O)(=O)CCC(C)C. The maximum absolute atomic E-state index is 11.5. The number of hydrogen-bond donors (Lipinski definition) is 1. The van der Waals surface area contributed by atoms with Gasteiger partial charge in [0.2, 0.25) is 0 Å². The molecule has 92 valence electrons. The van der Waals surface area contributed by atoms with Gasteiger partial charge in [-0.05, 0) is 12.3 Å². The van der Waals surface area contributed by atoms with Crippen molar-refractivity contribution < 1.29 is 13.2 Å². The fraction of sp³-hybridized carbons (Fsp3) is 1.00. The van der Waals surface area contributed by atoms with Crippen LogP contribution in [-0.4, -0.2) is 46.7 Å². The van der Waals surface area contributed by atoms with E-state index in [1.165, 1.54) is 0 Å². The summed E-state index contributed by atoms with van der Waals surface area (Å²) in [5, 5.41) is 3.03. The van der Waals surface area contributed by atoms with Crippen molar-refractivity contribution in [2.24, 2.45) is 5.92 Å². The molecule has 0 aromatic carbocycles. The predicted molar refractivity (Wildman–Crippen MR) is 62.9 cm³/mol. The summed E-state index contributed by atoms with van der Waals surface area (Å²) in [6.07, 6.45) is 0.750. The minimum Gasteiger partial charge on any atom is -0.383 e. The second kappa shape index (κ2) is 8.07. The molecule has 0 aliphatic rings. The van der Waals surface area contributed by atoms with Gasteiger partial charge in [-0.15, -0.1) is 0 Å². The van der Waals surface area contributed by atoms with Crippen molar-refractivity contribution in [1.82, 2.24) is 5.32 Å². The summed E-state index contributed by atoms with van der Waals surface area (Å²) in [6.45, 7) is 5.91. The van der Waals surface area contributed by atoms with Crippen molar-refractivity contribution in [2.75, 3.05) is 38.3 Å². The smallest absolute Gasteiger partial charge is 0.151 e. The van der Waals surface area contributed by atoms with Crippen LogP contribution in [0.25, 0.3) is 0 Å². The van der Waals surface area contributed by atoms with Gasteiger partial charge in [-0.2, -0.15) is 0 Å². The van der Waals surface area contributed by atoms with Gasteiger partial charge in [0.15, 0.2) is 9.84 Å². The van der Waals surface area contributed by atoms with E-state index in [1.54, 1.807) is 7.11 Å². The summed E-state index contributed by atoms with van der Waals surface area (Å²) < 4.78 is 27.8. The summed E-state index contributed by atoms with van der Waals surface area (Å²) in [7, 11) is -1.24. The van der Waals surface area contributed by atoms with Crippen LogP contribution in [0.15, 0.2) is 0 Å². The molecule has 0 heterocycles. The van der Waals surface area contributed by atoms with Crippen LogP contribution < -0.4 is 5.32 Å². The van der Waals surface area contributed by atoms with Crippen LogP contribution in [-0.2, 0) is 14.6 Å². The fourth-order valence-electron chi connectivity index (χ4n) is 1.04. The molecule has 1 N–H and O–H groups in total. The third-order valence-corrected chi connectivity index (χ3v) is 3.76. The Morgan fingerprint density at radius 2 is 1.87 bits per heavy atom. The molecule has 0 rings (SSSR count). The zero-order valence-electron chi connectivity index (χ0n) is 9.95. The molecule has 0 bridgehead atoms. The zero-order chi connectivity index (χ0) is 11.7. The monoisotopic (exact) mass is 237 g/mol. The fourth-order valence-corrected chi connectivity index (χ4v) is 2.53. The Balaban J connectivity index is 3.56. The second-order valence-corrected chi connectivity index (χ2v) is 6.38. The van der Waals surface area contributed by atoms with Crippen LogP contribution in [0.1, 0.15) is 20.3 Å². The normalized spacial score (nSPS) is 12.3. The number of rotatable bonds is 9. The molecule has 4 nitrogen and oxygen atoms in total. The van der Waals surface area contributed by atoms with E-state index in [0.717, 1.165) is 6.42 Å². The quantitative estimate of drug-likeness (QED) is 0.599. The molecule has 0 spiro atoms. The molecule has 15 heavy (non-hydrogen) atoms. The topological polar surface area (TPSA) is 55.4 Å². The van der Waals surface area contributed by atoms with Gasteiger partial charge >= 0.3 is 0 Å². The summed E-state index contributed by atoms with van der Waals surface area (Å²) in [6, 6.07) is 0. The van der Waals surface area contributed by atoms with E-state index in [0.29, 0.717) is 31.4 Å². The molecule has 0 radical (unpaired) electrons. The van der Waals surface area contributed by atoms with E-state index < -0.39 is 9.84 Å². The van der Waals surface area contributed by atoms with Crippen LogP contribution in [0.3, 0.4) is 0 Å². The third kappa shape index (κ3) is 10.2. The molecule has 0 aromatic heterocycles. The highest BCUT2D eigenvalue weighted by Crippen LogP contribution is 2.03. The van der Waals surface area contributed by atoms with Crippen LogP contribution in [0, 0.1) is 5.92 Å². The lowest BCUT2D eigenvalue weighted by molar-refractivity contribution is 0.200. The van der Waals surface area contributed by atoms with Crippen molar-refractivity contribution in [3.05, 3.63) is 0 Å². The predicted octanol–water partition coefficient (Wildman–Crippen LogP) is 0.683. The van der Waals surface area contributed by atoms with E-state index in [9.17, 15) is 8.42 Å². The highest BCUT2D eigenvalue weighted by Gasteiger charge is 2.10. The number of hydrogen-bond acceptors (Lipinski definition) is 4. The van der Waals surface area contributed by atoms with Gasteiger partial charge in [0.25, 0.3) is 0 Å². The molecular formula is C10H23NO3S. The molecule has 0 aliphatic heterocycles. The summed E-state index contributed by atoms with van der Waals surface area (Å²) >= 11 is 0. The van der Waals surface area contributed by atoms with Crippen LogP contribution in [0.2, 0.25) is 0 Å². The lowest BCUT2D eigenvalue weighted by atomic mass is 10.2. The van der Waals surface area contributed by atoms with E-state index in [1.807, 2.05) is 13.8 Å². The maximum atomic E-state index is 11.5. The van der Waals surface area contributed by atoms with Gasteiger partial charge in [-0.25, -0.2) is 8.42 Å². The van der Waals surface area contributed by atoms with Crippen molar-refractivity contribution in [3.63, 3.8) is 0 Å². The van der Waals surface area contributed by atoms with Gasteiger partial charge in [-0.1, -0.05) is 13.8 Å². The third-order valence-electron chi connectivity index (χ3n) is 2.08. The van der Waals surface area contributed by atoms with E-state index in [4.69, 9.17) is 4.74 Å². The standard InChI is InChI=1S/C10H23NO3S/c1-10(2)4-8-15(12,13)9-6-11-5-7-14-3/h10-11H,4-9H2,1-3H3. The highest BCUT2D eigenvalue weighted by molar-refractivity contribution is 7.91. The molecule has 0 saturated carbocycles. The Kier molecular flexibility index (Phi) is 8.00. The molecule has 5 heteroatoms. The summed E-state index contributed by atoms with van der Waals surface area (Å²) in [4.78, 5) is 0. The largest absolute Gasteiger partial charge is 0.383 e. The van der Waals surface area contributed by atoms with Gasteiger partial charge < -0.3 is 10.1 Å². The molecular weight excluding hydrogens is 214 g/mol. The maximum Gasteiger partial charge on any atom is 0.151 e. The van der Waals surface area contributed by atoms with E-state index in [2.05, 4.69) is 5.32 Å². The second-order valence-electron chi connectivity index (χ2n) is 4.08. The number of nitrogens with one attached hydrogen (secondary N) is 1. The van der Waals surface area contributed by atoms with Gasteiger partial charge in [0, 0.05) is 20.2 Å². The first kappa shape index (κ1) is 14.9. The van der Waals surface area contributed by atoms with Gasteiger partial charge in [-0.3, -0.25) is 0 Å². The molecule has 0 unspecified atom stereocenters. The minimum absolute atomic E-state index is 0.226. The van der Waals surface area contributed by atoms with Crippen molar-refractivity contribution in [1.29, 1.82) is 0 Å². The van der Waals surface area contributed by atoms with Crippen molar-refractivity contribution in [3.8, 4) is 0 Å². The summed E-state index contributed by atoms with van der Waals surface area (Å²) in [5.41, 5.74) is 0. The Bertz CT molecular complexity index is 237. The van der Waals surface area contributed by atoms with Crippen molar-refractivity contribution in [2.45, 2.75) is 20.3 Å². The van der Waals surface area contributed by atoms with Gasteiger partial charge in [0.1, 0.15) is 0 Å². The van der Waals surface area contributed by atoms with Crippen LogP contribution in [0.4, 0.5) is 0 Å². The number of sulfone groups is 1. The van der Waals surface area contributed by atoms with Crippen molar-refractivity contribution >= 4 is 9.84 Å². The summed E-state index contributed by atoms with van der Waals surface area (Å²) in [5.74, 6) is 0.973. The number of methoxy groups -OCH3 is 1. The molecule has 0 aliphatic carbocycles. The molecule has 0 saturated heterocycles. The Morgan fingerprint density at radius 1 is 1.20 bits per heavy atom. The Morgan fingerprint density at radius 3 is 2.40 bits per heavy atom. The zero-order valence-corrected chi connectivity index (χ0v) is 10.8. The highest BCUT2D eigenvalue weighted by atomic mass is 32.2. The lowest BCUT2D eigenvalue weighted by Crippen LogP contribution is -2.27. The number of ether oxygens (including phenoxy) is 1. The lowest BCUT2D eigenvalue weighted by Gasteiger charge is -2.07. The average molecular weight is 237 g/mol. The minimum atomic E-state index is -2.87. The Labute approximate surface area is 93.3 Å². The van der Waals surface area contributed by atoms with Gasteiger partial charge in [0.05, 0.1) is 18.1 Å². The average Bonchev–Trinajstić information content (AvgIpc) is 2.15. The van der Waals surface area contributed by atoms with Crippen LogP contribution >= 0.6 is 0 Å². The van der Waals surface area contributed by atoms with E-state index >= 15 is 0 Å². The molecule has 0 fully saturated rings. The first-order valence-electron chi connectivity index (χ1n) is 5.38. The van der Waals surface area contributed by atoms with Crippen LogP contribution in [0.5, 0.6) is 0 Å². The molecule has 0 atom stereocenters. The first-order valence-corrected chi connectivity index (χ1v) is 7.20. The molecule has 0 aromatic rings. The molecule has 0 amide bonds. The first-order chi connectivity index (χ1) is 6.98. The Hall–Kier alpha value is -0.130. The van der Waals surface area contributed by atoms with E-state index in [-0.39, 0.29) is 5.75 Å².